The summed E-state index contributed by atoms with van der Waals surface area (Å²) >= 11 is 1.72. The molecule has 86 valence electrons. The largest absolute Gasteiger partial charge is 0.480 e. The number of carboxylic acid groups (broad SMARTS) is 1. The van der Waals surface area contributed by atoms with Crippen molar-refractivity contribution < 1.29 is 14.6 Å². The fraction of sp³-hybridized carbons (Fsp3) is 0.900. The van der Waals surface area contributed by atoms with Gasteiger partial charge in [0, 0.05) is 25.0 Å². The minimum Gasteiger partial charge on any atom is -0.480 e. The lowest BCUT2D eigenvalue weighted by molar-refractivity contribution is -0.144. The first kappa shape index (κ1) is 11.2. The number of hydrogen-bond donors (Lipinski definition) is 2. The van der Waals surface area contributed by atoms with Crippen LogP contribution in [0.5, 0.6) is 0 Å². The molecule has 1 unspecified atom stereocenters. The lowest BCUT2D eigenvalue weighted by Gasteiger charge is -2.32. The molecule has 2 heterocycles. The molecule has 0 saturated carbocycles. The number of hydrogen-bond acceptors (Lipinski definition) is 4. The molecule has 0 spiro atoms. The summed E-state index contributed by atoms with van der Waals surface area (Å²) in [6.07, 6.45) is 2.60. The van der Waals surface area contributed by atoms with Gasteiger partial charge in [-0.2, -0.15) is 11.8 Å². The minimum absolute atomic E-state index is 0.313. The first-order valence-electron chi connectivity index (χ1n) is 5.39. The Morgan fingerprint density at radius 1 is 1.47 bits per heavy atom. The zero-order valence-corrected chi connectivity index (χ0v) is 9.52. The Balaban J connectivity index is 1.96. The summed E-state index contributed by atoms with van der Waals surface area (Å²) < 4.78 is 5.26. The molecular formula is C10H17NO3S. The highest BCUT2D eigenvalue weighted by Crippen LogP contribution is 2.29. The lowest BCUT2D eigenvalue weighted by atomic mass is 9.96. The van der Waals surface area contributed by atoms with Crippen LogP contribution in [-0.2, 0) is 9.53 Å². The third-order valence-corrected chi connectivity index (χ3v) is 4.32. The Morgan fingerprint density at radius 3 is 2.73 bits per heavy atom. The van der Waals surface area contributed by atoms with Gasteiger partial charge in [0.15, 0.2) is 0 Å². The zero-order chi connectivity index (χ0) is 10.7. The third-order valence-electron chi connectivity index (χ3n) is 3.13. The molecule has 1 atom stereocenters. The molecule has 15 heavy (non-hydrogen) atoms. The third kappa shape index (κ3) is 2.46. The molecule has 0 amide bonds. The lowest BCUT2D eigenvalue weighted by Crippen LogP contribution is -2.57. The predicted octanol–water partition coefficient (Wildman–Crippen LogP) is 0.715. The summed E-state index contributed by atoms with van der Waals surface area (Å²) in [7, 11) is 0. The molecule has 2 rings (SSSR count). The topological polar surface area (TPSA) is 58.6 Å². The Morgan fingerprint density at radius 2 is 2.20 bits per heavy atom. The fourth-order valence-corrected chi connectivity index (χ4v) is 3.48. The summed E-state index contributed by atoms with van der Waals surface area (Å²) in [5.41, 5.74) is -0.674. The van der Waals surface area contributed by atoms with Crippen LogP contribution in [-0.4, -0.2) is 47.4 Å². The molecule has 2 aliphatic heterocycles. The number of aliphatic carboxylic acids is 1. The van der Waals surface area contributed by atoms with Gasteiger partial charge in [0.25, 0.3) is 0 Å². The number of ether oxygens (including phenoxy) is 1. The van der Waals surface area contributed by atoms with Gasteiger partial charge >= 0.3 is 5.97 Å². The highest BCUT2D eigenvalue weighted by Gasteiger charge is 2.43. The number of carbonyl (C=O) groups is 1. The van der Waals surface area contributed by atoms with Crippen molar-refractivity contribution in [1.82, 2.24) is 5.32 Å². The molecule has 0 aliphatic carbocycles. The van der Waals surface area contributed by atoms with Gasteiger partial charge in [-0.05, 0) is 25.0 Å². The standard InChI is InChI=1S/C10H17NO3S/c12-9(13)10(3-6-15-7-10)11-8-1-4-14-5-2-8/h8,11H,1-7H2,(H,12,13). The van der Waals surface area contributed by atoms with Crippen LogP contribution in [0.15, 0.2) is 0 Å². The van der Waals surface area contributed by atoms with Crippen LogP contribution in [0.25, 0.3) is 0 Å². The number of rotatable bonds is 3. The van der Waals surface area contributed by atoms with E-state index in [4.69, 9.17) is 4.74 Å². The highest BCUT2D eigenvalue weighted by molar-refractivity contribution is 7.99. The Bertz CT molecular complexity index is 235. The highest BCUT2D eigenvalue weighted by atomic mass is 32.2. The van der Waals surface area contributed by atoms with Gasteiger partial charge in [-0.3, -0.25) is 10.1 Å². The van der Waals surface area contributed by atoms with Gasteiger partial charge in [-0.25, -0.2) is 0 Å². The Hall–Kier alpha value is -0.260. The first-order chi connectivity index (χ1) is 7.23. The van der Waals surface area contributed by atoms with Crippen LogP contribution in [0, 0.1) is 0 Å². The molecule has 0 bridgehead atoms. The Kier molecular flexibility index (Phi) is 3.53. The zero-order valence-electron chi connectivity index (χ0n) is 8.70. The van der Waals surface area contributed by atoms with E-state index in [1.807, 2.05) is 0 Å². The quantitative estimate of drug-likeness (QED) is 0.749. The van der Waals surface area contributed by atoms with Crippen molar-refractivity contribution in [2.24, 2.45) is 0 Å². The first-order valence-corrected chi connectivity index (χ1v) is 6.55. The summed E-state index contributed by atoms with van der Waals surface area (Å²) in [4.78, 5) is 11.3. The minimum atomic E-state index is -0.695. The average molecular weight is 231 g/mol. The summed E-state index contributed by atoms with van der Waals surface area (Å²) in [6.45, 7) is 1.50. The maximum atomic E-state index is 11.3. The van der Waals surface area contributed by atoms with Crippen LogP contribution < -0.4 is 5.32 Å². The summed E-state index contributed by atoms with van der Waals surface area (Å²) in [6, 6.07) is 0.313. The van der Waals surface area contributed by atoms with Crippen LogP contribution in [0.4, 0.5) is 0 Å². The SMILES string of the molecule is O=C(O)C1(NC2CCOCC2)CCSC1. The molecule has 2 N–H and O–H groups in total. The van der Waals surface area contributed by atoms with Crippen molar-refractivity contribution in [3.63, 3.8) is 0 Å². The maximum Gasteiger partial charge on any atom is 0.324 e. The molecule has 0 aromatic heterocycles. The van der Waals surface area contributed by atoms with Crippen molar-refractivity contribution in [3.8, 4) is 0 Å². The summed E-state index contributed by atoms with van der Waals surface area (Å²) in [5, 5.41) is 12.6. The van der Waals surface area contributed by atoms with E-state index >= 15 is 0 Å². The number of thioether (sulfide) groups is 1. The predicted molar refractivity (Wildman–Crippen MR) is 59.3 cm³/mol. The number of carboxylic acids is 1. The second kappa shape index (κ2) is 4.72. The van der Waals surface area contributed by atoms with E-state index in [1.54, 1.807) is 11.8 Å². The fourth-order valence-electron chi connectivity index (χ4n) is 2.14. The second-order valence-corrected chi connectivity index (χ2v) is 5.33. The molecule has 0 radical (unpaired) electrons. The maximum absolute atomic E-state index is 11.3. The molecule has 0 aromatic rings. The smallest absolute Gasteiger partial charge is 0.324 e. The molecule has 2 aliphatic rings. The van der Waals surface area contributed by atoms with Gasteiger partial charge in [0.1, 0.15) is 5.54 Å². The normalized spacial score (nSPS) is 33.1. The Labute approximate surface area is 93.8 Å². The van der Waals surface area contributed by atoms with Crippen molar-refractivity contribution in [3.05, 3.63) is 0 Å². The van der Waals surface area contributed by atoms with Gasteiger partial charge in [0.2, 0.25) is 0 Å². The van der Waals surface area contributed by atoms with Crippen molar-refractivity contribution in [2.75, 3.05) is 24.7 Å². The van der Waals surface area contributed by atoms with Crippen LogP contribution in [0.2, 0.25) is 0 Å². The molecule has 4 nitrogen and oxygen atoms in total. The molecule has 2 saturated heterocycles. The van der Waals surface area contributed by atoms with E-state index in [0.29, 0.717) is 11.8 Å². The van der Waals surface area contributed by atoms with E-state index in [2.05, 4.69) is 5.32 Å². The number of nitrogens with one attached hydrogen (secondary N) is 1. The van der Waals surface area contributed by atoms with E-state index in [0.717, 1.165) is 38.2 Å². The van der Waals surface area contributed by atoms with Gasteiger partial charge in [0.05, 0.1) is 0 Å². The van der Waals surface area contributed by atoms with Crippen LogP contribution >= 0.6 is 11.8 Å². The van der Waals surface area contributed by atoms with Gasteiger partial charge in [-0.15, -0.1) is 0 Å². The van der Waals surface area contributed by atoms with Crippen molar-refractivity contribution in [1.29, 1.82) is 0 Å². The van der Waals surface area contributed by atoms with Gasteiger partial charge < -0.3 is 9.84 Å². The van der Waals surface area contributed by atoms with E-state index < -0.39 is 11.5 Å². The monoisotopic (exact) mass is 231 g/mol. The van der Waals surface area contributed by atoms with Crippen molar-refractivity contribution >= 4 is 17.7 Å². The molecule has 2 fully saturated rings. The second-order valence-electron chi connectivity index (χ2n) is 4.22. The van der Waals surface area contributed by atoms with Gasteiger partial charge in [-0.1, -0.05) is 0 Å². The van der Waals surface area contributed by atoms with E-state index in [-0.39, 0.29) is 0 Å². The average Bonchev–Trinajstić information content (AvgIpc) is 2.69. The van der Waals surface area contributed by atoms with Crippen LogP contribution in [0.3, 0.4) is 0 Å². The molecule has 0 aromatic carbocycles. The van der Waals surface area contributed by atoms with Crippen molar-refractivity contribution in [2.45, 2.75) is 30.8 Å². The summed E-state index contributed by atoms with van der Waals surface area (Å²) in [5.74, 6) is 0.946. The van der Waals surface area contributed by atoms with E-state index in [1.165, 1.54) is 0 Å². The van der Waals surface area contributed by atoms with Crippen LogP contribution in [0.1, 0.15) is 19.3 Å². The molecule has 5 heteroatoms. The molecular weight excluding hydrogens is 214 g/mol. The van der Waals surface area contributed by atoms with E-state index in [9.17, 15) is 9.90 Å².